The van der Waals surface area contributed by atoms with E-state index in [9.17, 15) is 0 Å². The van der Waals surface area contributed by atoms with E-state index < -0.39 is 0 Å². The van der Waals surface area contributed by atoms with Gasteiger partial charge in [-0.2, -0.15) is 10.4 Å². The molecule has 0 radical (unpaired) electrons. The predicted molar refractivity (Wildman–Crippen MR) is 147 cm³/mol. The molecule has 1 heterocycles. The zero-order valence-electron chi connectivity index (χ0n) is 24.1. The highest BCUT2D eigenvalue weighted by molar-refractivity contribution is 5.21. The fourth-order valence-corrected chi connectivity index (χ4v) is 9.01. The van der Waals surface area contributed by atoms with Crippen molar-refractivity contribution in [3.63, 3.8) is 0 Å². The molecule has 0 saturated heterocycles. The van der Waals surface area contributed by atoms with Crippen LogP contribution in [0.25, 0.3) is 0 Å². The van der Waals surface area contributed by atoms with Gasteiger partial charge in [0.1, 0.15) is 6.07 Å². The molecular weight excluding hydrogens is 430 g/mol. The molecule has 0 bridgehead atoms. The van der Waals surface area contributed by atoms with Gasteiger partial charge in [-0.1, -0.05) is 54.9 Å². The molecule has 0 amide bonds. The fraction of sp³-hybridized carbons (Fsp3) is 0.871. The van der Waals surface area contributed by atoms with E-state index in [1.807, 2.05) is 38.6 Å². The minimum atomic E-state index is 0.528. The topological polar surface area (TPSA) is 61.8 Å². The van der Waals surface area contributed by atoms with Crippen LogP contribution < -0.4 is 0 Å². The molecule has 0 spiro atoms. The van der Waals surface area contributed by atoms with Gasteiger partial charge in [0.15, 0.2) is 0 Å². The average Bonchev–Trinajstić information content (AvgIpc) is 3.50. The van der Waals surface area contributed by atoms with Crippen molar-refractivity contribution in [3.8, 4) is 6.07 Å². The van der Waals surface area contributed by atoms with Gasteiger partial charge < -0.3 is 5.11 Å². The number of aliphatic hydroxyl groups excluding tert-OH is 1. The molecule has 9 atom stereocenters. The molecule has 4 aliphatic carbocycles. The molecule has 5 rings (SSSR count). The first-order valence-corrected chi connectivity index (χ1v) is 14.9. The van der Waals surface area contributed by atoms with Crippen LogP contribution in [0.2, 0.25) is 0 Å². The van der Waals surface area contributed by atoms with Crippen molar-refractivity contribution in [2.24, 2.45) is 52.8 Å². The van der Waals surface area contributed by atoms with Crippen LogP contribution in [0.3, 0.4) is 0 Å². The zero-order chi connectivity index (χ0) is 26.2. The smallest absolute Gasteiger partial charge is 0.102 e. The van der Waals surface area contributed by atoms with Crippen molar-refractivity contribution in [2.45, 2.75) is 113 Å². The molecule has 1 aromatic heterocycles. The van der Waals surface area contributed by atoms with E-state index >= 15 is 0 Å². The van der Waals surface area contributed by atoms with E-state index in [4.69, 9.17) is 10.4 Å². The molecule has 0 aromatic carbocycles. The van der Waals surface area contributed by atoms with Gasteiger partial charge in [-0.05, 0) is 104 Å². The Kier molecular flexibility index (Phi) is 11.8. The van der Waals surface area contributed by atoms with Crippen molar-refractivity contribution in [3.05, 3.63) is 18.0 Å². The SMILES string of the molecule is CC.CC.CC1CCC2C(CCC3C2CCC2(C)C(C(C)Cn4cc(C#N)cn4)CCC32)C1.CO. The Hall–Kier alpha value is -1.34. The highest BCUT2D eigenvalue weighted by atomic mass is 16.2. The minimum absolute atomic E-state index is 0.528. The first-order chi connectivity index (χ1) is 17.0. The van der Waals surface area contributed by atoms with Crippen LogP contribution in [0.15, 0.2) is 12.4 Å². The summed E-state index contributed by atoms with van der Waals surface area (Å²) in [7, 11) is 1.00. The van der Waals surface area contributed by atoms with Crippen LogP contribution in [0.4, 0.5) is 0 Å². The molecule has 4 saturated carbocycles. The van der Waals surface area contributed by atoms with Crippen LogP contribution >= 0.6 is 0 Å². The number of aromatic nitrogens is 2. The number of fused-ring (bicyclic) bond motifs is 5. The first kappa shape index (κ1) is 29.9. The Balaban J connectivity index is 0.000000671. The van der Waals surface area contributed by atoms with Crippen LogP contribution in [0.5, 0.6) is 0 Å². The van der Waals surface area contributed by atoms with Crippen LogP contribution in [-0.2, 0) is 6.54 Å². The molecule has 4 fully saturated rings. The lowest BCUT2D eigenvalue weighted by Crippen LogP contribution is -2.49. The molecule has 35 heavy (non-hydrogen) atoms. The summed E-state index contributed by atoms with van der Waals surface area (Å²) in [5, 5.41) is 20.5. The van der Waals surface area contributed by atoms with Gasteiger partial charge in [0.2, 0.25) is 0 Å². The van der Waals surface area contributed by atoms with Gasteiger partial charge in [0, 0.05) is 19.9 Å². The van der Waals surface area contributed by atoms with Crippen molar-refractivity contribution in [1.29, 1.82) is 5.26 Å². The van der Waals surface area contributed by atoms with E-state index in [-0.39, 0.29) is 0 Å². The van der Waals surface area contributed by atoms with Crippen molar-refractivity contribution >= 4 is 0 Å². The third kappa shape index (κ3) is 6.15. The maximum atomic E-state index is 9.10. The lowest BCUT2D eigenvalue weighted by Gasteiger charge is -2.56. The summed E-state index contributed by atoms with van der Waals surface area (Å²) >= 11 is 0. The van der Waals surface area contributed by atoms with Gasteiger partial charge in [-0.3, -0.25) is 4.68 Å². The van der Waals surface area contributed by atoms with Gasteiger partial charge >= 0.3 is 0 Å². The van der Waals surface area contributed by atoms with Crippen LogP contribution in [0.1, 0.15) is 112 Å². The lowest BCUT2D eigenvalue weighted by atomic mass is 9.49. The third-order valence-electron chi connectivity index (χ3n) is 10.2. The Morgan fingerprint density at radius 2 is 1.71 bits per heavy atom. The highest BCUT2D eigenvalue weighted by Crippen LogP contribution is 2.65. The number of nitriles is 1. The Bertz CT molecular complexity index is 782. The van der Waals surface area contributed by atoms with Crippen molar-refractivity contribution in [2.75, 3.05) is 7.11 Å². The maximum absolute atomic E-state index is 9.10. The molecule has 4 nitrogen and oxygen atoms in total. The highest BCUT2D eigenvalue weighted by Gasteiger charge is 2.57. The molecule has 200 valence electrons. The molecule has 4 aliphatic rings. The summed E-state index contributed by atoms with van der Waals surface area (Å²) in [6.45, 7) is 16.5. The molecule has 4 heteroatoms. The standard InChI is InChI=1S/C26H39N3.2C2H6.CH4O/c1-17-4-6-21-20(12-17)5-7-23-22(21)10-11-26(3)24(8-9-25(23)26)18(2)15-29-16-19(13-27)14-28-29;3*1-2/h14,16-18,20-25H,4-12,15H2,1-3H3;2*1-2H3;2H,1H3. The predicted octanol–water partition coefficient (Wildman–Crippen LogP) is 7.96. The lowest BCUT2D eigenvalue weighted by molar-refractivity contribution is -0.0737. The Morgan fingerprint density at radius 3 is 2.37 bits per heavy atom. The van der Waals surface area contributed by atoms with Gasteiger partial charge in [-0.25, -0.2) is 0 Å². The summed E-state index contributed by atoms with van der Waals surface area (Å²) in [4.78, 5) is 0. The van der Waals surface area contributed by atoms with E-state index in [1.165, 1.54) is 57.8 Å². The second-order valence-corrected chi connectivity index (χ2v) is 11.6. The second kappa shape index (κ2) is 13.8. The fourth-order valence-electron chi connectivity index (χ4n) is 9.01. The third-order valence-corrected chi connectivity index (χ3v) is 10.2. The average molecular weight is 486 g/mol. The van der Waals surface area contributed by atoms with Crippen molar-refractivity contribution in [1.82, 2.24) is 9.78 Å². The number of hydrogen-bond acceptors (Lipinski definition) is 3. The quantitative estimate of drug-likeness (QED) is 0.472. The number of nitrogens with zero attached hydrogens (tertiary/aromatic N) is 3. The Labute approximate surface area is 216 Å². The molecule has 9 unspecified atom stereocenters. The van der Waals surface area contributed by atoms with Gasteiger partial charge in [-0.15, -0.1) is 0 Å². The number of aliphatic hydroxyl groups is 1. The summed E-state index contributed by atoms with van der Waals surface area (Å²) in [6.07, 6.45) is 17.0. The summed E-state index contributed by atoms with van der Waals surface area (Å²) in [5.41, 5.74) is 1.22. The molecular formula is C31H55N3O. The molecule has 1 aromatic rings. The maximum Gasteiger partial charge on any atom is 0.102 e. The first-order valence-electron chi connectivity index (χ1n) is 14.9. The van der Waals surface area contributed by atoms with Gasteiger partial charge in [0.25, 0.3) is 0 Å². The van der Waals surface area contributed by atoms with Gasteiger partial charge in [0.05, 0.1) is 11.8 Å². The Morgan fingerprint density at radius 1 is 1.03 bits per heavy atom. The normalized spacial score (nSPS) is 37.8. The van der Waals surface area contributed by atoms with Crippen molar-refractivity contribution < 1.29 is 5.11 Å². The number of rotatable bonds is 3. The molecule has 0 aliphatic heterocycles. The van der Waals surface area contributed by atoms with E-state index in [2.05, 4.69) is 31.9 Å². The summed E-state index contributed by atoms with van der Waals surface area (Å²) < 4.78 is 2.01. The van der Waals surface area contributed by atoms with E-state index in [0.29, 0.717) is 16.9 Å². The summed E-state index contributed by atoms with van der Waals surface area (Å²) in [6, 6.07) is 2.22. The monoisotopic (exact) mass is 485 g/mol. The molecule has 1 N–H and O–H groups in total. The van der Waals surface area contributed by atoms with E-state index in [1.54, 1.807) is 6.20 Å². The zero-order valence-corrected chi connectivity index (χ0v) is 24.1. The second-order valence-electron chi connectivity index (χ2n) is 11.6. The minimum Gasteiger partial charge on any atom is -0.400 e. The largest absolute Gasteiger partial charge is 0.400 e. The summed E-state index contributed by atoms with van der Waals surface area (Å²) in [5.74, 6) is 7.54. The van der Waals surface area contributed by atoms with E-state index in [0.717, 1.165) is 55.1 Å². The number of hydrogen-bond donors (Lipinski definition) is 1. The van der Waals surface area contributed by atoms with Crippen LogP contribution in [-0.4, -0.2) is 22.0 Å². The van der Waals surface area contributed by atoms with Crippen LogP contribution in [0, 0.1) is 64.1 Å².